The molecule has 346 valence electrons. The van der Waals surface area contributed by atoms with E-state index in [2.05, 4.69) is 25.3 Å². The van der Waals surface area contributed by atoms with Crippen LogP contribution in [0.25, 0.3) is 0 Å². The van der Waals surface area contributed by atoms with E-state index in [0.717, 1.165) is 44.4 Å². The van der Waals surface area contributed by atoms with Gasteiger partial charge in [-0.15, -0.1) is 0 Å². The Balaban J connectivity index is 2.48. The number of esters is 2. The van der Waals surface area contributed by atoms with Crippen LogP contribution in [0.15, 0.2) is 12.2 Å². The normalized spacial score (nSPS) is 20.8. The minimum Gasteiger partial charge on any atom is -0.462 e. The zero-order valence-electron chi connectivity index (χ0n) is 36.5. The molecular weight excluding hydrogens is 783 g/mol. The van der Waals surface area contributed by atoms with Crippen LogP contribution in [0.2, 0.25) is 0 Å². The highest BCUT2D eigenvalue weighted by molar-refractivity contribution is 7.47. The van der Waals surface area contributed by atoms with Gasteiger partial charge in [-0.1, -0.05) is 129 Å². The lowest BCUT2D eigenvalue weighted by Crippen LogP contribution is -2.30. The number of ketones is 1. The fourth-order valence-electron chi connectivity index (χ4n) is 7.23. The van der Waals surface area contributed by atoms with Crippen LogP contribution in [-0.2, 0) is 37.5 Å². The Labute approximate surface area is 354 Å². The maximum atomic E-state index is 12.9. The molecule has 0 aliphatic heterocycles. The predicted molar refractivity (Wildman–Crippen MR) is 226 cm³/mol. The van der Waals surface area contributed by atoms with Crippen molar-refractivity contribution in [3.8, 4) is 0 Å². The Kier molecular flexibility index (Phi) is 31.7. The van der Waals surface area contributed by atoms with Gasteiger partial charge in [-0.05, 0) is 31.6 Å². The number of carbonyl (C=O) groups excluding carboxylic acids is 3. The van der Waals surface area contributed by atoms with Crippen LogP contribution in [0.5, 0.6) is 0 Å². The first-order chi connectivity index (χ1) is 28.2. The van der Waals surface area contributed by atoms with Crippen molar-refractivity contribution in [1.29, 1.82) is 0 Å². The molecule has 8 atom stereocenters. The molecule has 0 heterocycles. The van der Waals surface area contributed by atoms with E-state index in [1.54, 1.807) is 12.2 Å². The molecule has 1 saturated carbocycles. The highest BCUT2D eigenvalue weighted by Crippen LogP contribution is 2.43. The summed E-state index contributed by atoms with van der Waals surface area (Å²) in [5, 5.41) is 49.7. The summed E-state index contributed by atoms with van der Waals surface area (Å²) >= 11 is 0. The van der Waals surface area contributed by atoms with E-state index in [1.165, 1.54) is 57.8 Å². The van der Waals surface area contributed by atoms with E-state index in [0.29, 0.717) is 19.3 Å². The number of ether oxygens (including phenoxy) is 2. The Morgan fingerprint density at radius 1 is 0.712 bits per heavy atom. The van der Waals surface area contributed by atoms with Crippen molar-refractivity contribution in [3.63, 3.8) is 0 Å². The molecule has 15 heteroatoms. The largest absolute Gasteiger partial charge is 0.472 e. The number of rotatable bonds is 38. The summed E-state index contributed by atoms with van der Waals surface area (Å²) in [5.74, 6) is -1.49. The maximum Gasteiger partial charge on any atom is 0.472 e. The van der Waals surface area contributed by atoms with Crippen LogP contribution >= 0.6 is 7.82 Å². The molecule has 0 aromatic carbocycles. The summed E-state index contributed by atoms with van der Waals surface area (Å²) in [4.78, 5) is 48.1. The van der Waals surface area contributed by atoms with Crippen molar-refractivity contribution in [1.82, 2.24) is 0 Å². The van der Waals surface area contributed by atoms with Crippen molar-refractivity contribution in [2.45, 2.75) is 205 Å². The van der Waals surface area contributed by atoms with E-state index in [9.17, 15) is 44.3 Å². The fourth-order valence-corrected chi connectivity index (χ4v) is 8.02. The zero-order valence-corrected chi connectivity index (χ0v) is 37.4. The van der Waals surface area contributed by atoms with E-state index < -0.39 is 88.5 Å². The Hall–Kier alpha value is -1.74. The molecule has 0 bridgehead atoms. The van der Waals surface area contributed by atoms with E-state index >= 15 is 0 Å². The van der Waals surface area contributed by atoms with Crippen LogP contribution in [0.1, 0.15) is 175 Å². The average molecular weight is 865 g/mol. The third-order valence-electron chi connectivity index (χ3n) is 10.8. The molecule has 0 radical (unpaired) electrons. The highest BCUT2D eigenvalue weighted by atomic mass is 31.2. The second-order valence-corrected chi connectivity index (χ2v) is 18.3. The SMILES string of the molecule is CCCCC[C@H](O)/C=C/[C@@H]1[C@@H](CC(=O)CCCCC(=O)O[C@H](COC(=O)CCCCCCCCCCCCCCC(C)C)COP(=O)(O)OC[C@@H](O)CO)[C@@H](O)C[C@H]1O. The van der Waals surface area contributed by atoms with Gasteiger partial charge in [0, 0.05) is 43.9 Å². The van der Waals surface area contributed by atoms with Crippen molar-refractivity contribution >= 4 is 25.5 Å². The monoisotopic (exact) mass is 865 g/mol. The molecular formula is C44H81O14P. The van der Waals surface area contributed by atoms with Crippen LogP contribution < -0.4 is 0 Å². The molecule has 1 fully saturated rings. The third-order valence-corrected chi connectivity index (χ3v) is 11.8. The van der Waals surface area contributed by atoms with E-state index in [-0.39, 0.29) is 44.3 Å². The smallest absolute Gasteiger partial charge is 0.462 e. The number of Topliss-reactive ketones (excluding diaryl/α,β-unsaturated/α-hetero) is 1. The predicted octanol–water partition coefficient (Wildman–Crippen LogP) is 7.42. The fraction of sp³-hybridized carbons (Fsp3) is 0.886. The summed E-state index contributed by atoms with van der Waals surface area (Å²) in [7, 11) is -4.72. The standard InChI is InChI=1S/C44H81O14P/c1-4-5-16-22-35(46)26-27-39-40(42(50)29-41(39)49)28-36(47)23-19-20-25-44(52)58-38(33-57-59(53,54)56-31-37(48)30-45)32-55-43(51)24-18-15-13-11-9-7-6-8-10-12-14-17-21-34(2)3/h26-27,34-35,37-42,45-46,48-50H,4-25,28-33H2,1-3H3,(H,53,54)/b27-26+/t35-,37-,38+,39+,40+,41+,42-/m0/s1. The topological polar surface area (TPSA) is 227 Å². The number of carbonyl (C=O) groups is 3. The van der Waals surface area contributed by atoms with Gasteiger partial charge in [-0.2, -0.15) is 0 Å². The molecule has 1 unspecified atom stereocenters. The highest BCUT2D eigenvalue weighted by Gasteiger charge is 2.41. The summed E-state index contributed by atoms with van der Waals surface area (Å²) in [6.07, 6.45) is 18.1. The summed E-state index contributed by atoms with van der Waals surface area (Å²) in [6.45, 7) is 4.16. The first-order valence-electron chi connectivity index (χ1n) is 22.7. The van der Waals surface area contributed by atoms with E-state index in [4.69, 9.17) is 19.1 Å². The van der Waals surface area contributed by atoms with Gasteiger partial charge in [-0.25, -0.2) is 4.57 Å². The van der Waals surface area contributed by atoms with Gasteiger partial charge >= 0.3 is 19.8 Å². The van der Waals surface area contributed by atoms with Crippen LogP contribution in [0.4, 0.5) is 0 Å². The van der Waals surface area contributed by atoms with Gasteiger partial charge < -0.3 is 39.9 Å². The Morgan fingerprint density at radius 3 is 1.86 bits per heavy atom. The number of aliphatic hydroxyl groups excluding tert-OH is 5. The first-order valence-corrected chi connectivity index (χ1v) is 24.2. The molecule has 14 nitrogen and oxygen atoms in total. The van der Waals surface area contributed by atoms with Crippen molar-refractivity contribution in [3.05, 3.63) is 12.2 Å². The maximum absolute atomic E-state index is 12.9. The van der Waals surface area contributed by atoms with Crippen molar-refractivity contribution < 1.29 is 67.9 Å². The molecule has 0 aromatic rings. The number of hydrogen-bond donors (Lipinski definition) is 6. The molecule has 1 rings (SSSR count). The average Bonchev–Trinajstić information content (AvgIpc) is 3.45. The van der Waals surface area contributed by atoms with Crippen molar-refractivity contribution in [2.75, 3.05) is 26.4 Å². The minimum atomic E-state index is -4.72. The third kappa shape index (κ3) is 29.2. The van der Waals surface area contributed by atoms with Gasteiger partial charge in [-0.3, -0.25) is 23.4 Å². The minimum absolute atomic E-state index is 0.0476. The zero-order chi connectivity index (χ0) is 43.9. The number of unbranched alkanes of at least 4 members (excludes halogenated alkanes) is 14. The number of phosphoric ester groups is 1. The molecule has 0 saturated heterocycles. The second kappa shape index (κ2) is 33.8. The lowest BCUT2D eigenvalue weighted by atomic mass is 9.87. The first kappa shape index (κ1) is 55.3. The second-order valence-electron chi connectivity index (χ2n) is 16.9. The Bertz CT molecular complexity index is 1180. The van der Waals surface area contributed by atoms with Crippen molar-refractivity contribution in [2.24, 2.45) is 17.8 Å². The van der Waals surface area contributed by atoms with E-state index in [1.807, 2.05) is 0 Å². The summed E-state index contributed by atoms with van der Waals surface area (Å²) < 4.78 is 32.6. The lowest BCUT2D eigenvalue weighted by molar-refractivity contribution is -0.161. The van der Waals surface area contributed by atoms with Gasteiger partial charge in [0.2, 0.25) is 0 Å². The molecule has 59 heavy (non-hydrogen) atoms. The van der Waals surface area contributed by atoms with Gasteiger partial charge in [0.05, 0.1) is 38.1 Å². The molecule has 1 aliphatic carbocycles. The number of phosphoric acid groups is 1. The molecule has 0 amide bonds. The summed E-state index contributed by atoms with van der Waals surface area (Å²) in [6, 6.07) is 0. The summed E-state index contributed by atoms with van der Waals surface area (Å²) in [5.41, 5.74) is 0. The molecule has 0 aromatic heterocycles. The van der Waals surface area contributed by atoms with Crippen LogP contribution in [-0.4, -0.2) is 105 Å². The number of aliphatic hydroxyl groups is 5. The van der Waals surface area contributed by atoms with Crippen LogP contribution in [0.3, 0.4) is 0 Å². The molecule has 6 N–H and O–H groups in total. The molecule has 0 spiro atoms. The van der Waals surface area contributed by atoms with Gasteiger partial charge in [0.1, 0.15) is 18.5 Å². The van der Waals surface area contributed by atoms with Gasteiger partial charge in [0.25, 0.3) is 0 Å². The number of hydrogen-bond acceptors (Lipinski definition) is 13. The lowest BCUT2D eigenvalue weighted by Gasteiger charge is -2.21. The Morgan fingerprint density at radius 2 is 1.25 bits per heavy atom. The quantitative estimate of drug-likeness (QED) is 0.0154. The molecule has 1 aliphatic rings. The van der Waals surface area contributed by atoms with Crippen LogP contribution in [0, 0.1) is 17.8 Å². The van der Waals surface area contributed by atoms with Gasteiger partial charge in [0.15, 0.2) is 6.10 Å².